The van der Waals surface area contributed by atoms with Crippen molar-refractivity contribution in [1.29, 1.82) is 0 Å². The quantitative estimate of drug-likeness (QED) is 0.384. The summed E-state index contributed by atoms with van der Waals surface area (Å²) in [4.78, 5) is 1.58. The molecule has 0 amide bonds. The normalized spacial score (nSPS) is 46.0. The van der Waals surface area contributed by atoms with Crippen LogP contribution in [0, 0.1) is 41.4 Å². The molecule has 174 valence electrons. The number of hydrogen-bond acceptors (Lipinski definition) is 1. The van der Waals surface area contributed by atoms with Gasteiger partial charge in [0.25, 0.3) is 0 Å². The van der Waals surface area contributed by atoms with Crippen molar-refractivity contribution in [3.05, 3.63) is 70.1 Å². The van der Waals surface area contributed by atoms with Crippen LogP contribution < -0.4 is 0 Å². The summed E-state index contributed by atoms with van der Waals surface area (Å²) in [5, 5.41) is 1.83. The number of benzene rings is 1. The van der Waals surface area contributed by atoms with E-state index >= 15 is 0 Å². The lowest BCUT2D eigenvalue weighted by Crippen LogP contribution is -2.51. The number of halogens is 1. The van der Waals surface area contributed by atoms with E-state index in [0.717, 1.165) is 41.9 Å². The summed E-state index contributed by atoms with van der Waals surface area (Å²) >= 11 is 9.03. The highest BCUT2D eigenvalue weighted by molar-refractivity contribution is 8.04. The Morgan fingerprint density at radius 2 is 1.73 bits per heavy atom. The van der Waals surface area contributed by atoms with Gasteiger partial charge >= 0.3 is 0 Å². The molecule has 2 heteroatoms. The summed E-state index contributed by atoms with van der Waals surface area (Å²) in [6, 6.07) is 11.9. The molecule has 9 atom stereocenters. The molecule has 9 unspecified atom stereocenters. The van der Waals surface area contributed by atoms with Gasteiger partial charge in [0.1, 0.15) is 0 Å². The lowest BCUT2D eigenvalue weighted by Gasteiger charge is -2.53. The topological polar surface area (TPSA) is 0 Å². The summed E-state index contributed by atoms with van der Waals surface area (Å²) in [5.41, 5.74) is 1.96. The number of hydrogen-bond donors (Lipinski definition) is 0. The van der Waals surface area contributed by atoms with Gasteiger partial charge in [-0.15, -0.1) is 11.8 Å². The maximum atomic E-state index is 6.89. The Kier molecular flexibility index (Phi) is 5.40. The summed E-state index contributed by atoms with van der Waals surface area (Å²) in [6.07, 6.45) is 24.0. The summed E-state index contributed by atoms with van der Waals surface area (Å²) < 4.78 is 0. The van der Waals surface area contributed by atoms with Crippen molar-refractivity contribution in [1.82, 2.24) is 0 Å². The minimum Gasteiger partial charge on any atom is -0.121 e. The summed E-state index contributed by atoms with van der Waals surface area (Å²) in [6.45, 7) is 0. The monoisotopic (exact) mass is 476 g/mol. The van der Waals surface area contributed by atoms with E-state index in [1.165, 1.54) is 62.8 Å². The Balaban J connectivity index is 1.44. The van der Waals surface area contributed by atoms with Crippen molar-refractivity contribution in [3.8, 4) is 0 Å². The van der Waals surface area contributed by atoms with E-state index in [-0.39, 0.29) is 0 Å². The van der Waals surface area contributed by atoms with Crippen LogP contribution in [0.1, 0.15) is 69.8 Å². The molecular formula is C31H37ClS. The zero-order valence-corrected chi connectivity index (χ0v) is 21.2. The van der Waals surface area contributed by atoms with Crippen LogP contribution >= 0.6 is 23.4 Å². The molecule has 1 saturated heterocycles. The third-order valence-electron chi connectivity index (χ3n) is 10.7. The van der Waals surface area contributed by atoms with E-state index in [0.29, 0.717) is 16.6 Å². The van der Waals surface area contributed by atoms with Crippen LogP contribution in [0.25, 0.3) is 0 Å². The minimum atomic E-state index is 0.293. The largest absolute Gasteiger partial charge is 0.121 e. The molecule has 1 aromatic carbocycles. The van der Waals surface area contributed by atoms with Gasteiger partial charge in [0, 0.05) is 20.6 Å². The molecule has 6 aliphatic rings. The number of fused-ring (bicyclic) bond motifs is 6. The SMILES string of the molecule is ClC1=C2SC3C=CCC(C4(c5ccccc5)C5C=CCCC5C5CCCCC54)C3C2CCC1. The molecule has 0 bridgehead atoms. The smallest absolute Gasteiger partial charge is 0.0309 e. The molecule has 7 rings (SSSR count). The van der Waals surface area contributed by atoms with Crippen molar-refractivity contribution in [2.24, 2.45) is 41.4 Å². The second-order valence-electron chi connectivity index (χ2n) is 11.7. The van der Waals surface area contributed by atoms with Gasteiger partial charge in [-0.25, -0.2) is 0 Å². The van der Waals surface area contributed by atoms with Gasteiger partial charge in [-0.05, 0) is 98.4 Å². The predicted molar refractivity (Wildman–Crippen MR) is 141 cm³/mol. The van der Waals surface area contributed by atoms with Crippen LogP contribution in [0.4, 0.5) is 0 Å². The molecule has 1 heterocycles. The van der Waals surface area contributed by atoms with E-state index in [1.807, 2.05) is 0 Å². The molecule has 1 aliphatic heterocycles. The second kappa shape index (κ2) is 8.34. The van der Waals surface area contributed by atoms with Crippen LogP contribution in [0.2, 0.25) is 0 Å². The van der Waals surface area contributed by atoms with Gasteiger partial charge in [0.2, 0.25) is 0 Å². The van der Waals surface area contributed by atoms with Crippen molar-refractivity contribution < 1.29 is 0 Å². The Morgan fingerprint density at radius 1 is 0.848 bits per heavy atom. The van der Waals surface area contributed by atoms with E-state index in [4.69, 9.17) is 11.6 Å². The highest BCUT2D eigenvalue weighted by atomic mass is 35.5. The standard InChI is InChI=1S/C31H37ClS/c32-27-18-8-14-23-29-26(17-9-19-28(29)33-30(23)27)31(20-10-2-1-3-11-20)24-15-6-4-12-21(24)22-13-5-7-16-25(22)31/h1-3,6,9-11,15,19,21-26,28-29H,4-5,7-8,12-14,16-18H2. The maximum absolute atomic E-state index is 6.89. The van der Waals surface area contributed by atoms with Gasteiger partial charge in [0.15, 0.2) is 0 Å². The third kappa shape index (κ3) is 3.03. The fourth-order valence-corrected chi connectivity index (χ4v) is 11.9. The average Bonchev–Trinajstić information content (AvgIpc) is 3.40. The summed E-state index contributed by atoms with van der Waals surface area (Å²) in [7, 11) is 0. The number of allylic oxidation sites excluding steroid dienone is 5. The summed E-state index contributed by atoms with van der Waals surface area (Å²) in [5.74, 6) is 5.57. The lowest BCUT2D eigenvalue weighted by molar-refractivity contribution is 0.0621. The van der Waals surface area contributed by atoms with Crippen LogP contribution in [-0.2, 0) is 5.41 Å². The van der Waals surface area contributed by atoms with E-state index in [1.54, 1.807) is 10.5 Å². The van der Waals surface area contributed by atoms with Crippen molar-refractivity contribution in [2.75, 3.05) is 0 Å². The van der Waals surface area contributed by atoms with E-state index in [9.17, 15) is 0 Å². The van der Waals surface area contributed by atoms with E-state index < -0.39 is 0 Å². The van der Waals surface area contributed by atoms with Crippen LogP contribution in [-0.4, -0.2) is 5.25 Å². The molecule has 0 N–H and O–H groups in total. The zero-order chi connectivity index (χ0) is 22.0. The van der Waals surface area contributed by atoms with Gasteiger partial charge < -0.3 is 0 Å². The van der Waals surface area contributed by atoms with Gasteiger partial charge in [-0.1, -0.05) is 79.1 Å². The Morgan fingerprint density at radius 3 is 2.64 bits per heavy atom. The van der Waals surface area contributed by atoms with E-state index in [2.05, 4.69) is 66.4 Å². The fourth-order valence-electron chi connectivity index (χ4n) is 9.84. The second-order valence-corrected chi connectivity index (χ2v) is 13.4. The predicted octanol–water partition coefficient (Wildman–Crippen LogP) is 8.89. The van der Waals surface area contributed by atoms with Crippen molar-refractivity contribution in [3.63, 3.8) is 0 Å². The number of thioether (sulfide) groups is 1. The fraction of sp³-hybridized carbons (Fsp3) is 0.613. The lowest BCUT2D eigenvalue weighted by atomic mass is 9.50. The molecule has 0 aromatic heterocycles. The Hall–Kier alpha value is -0.920. The Labute approximate surface area is 209 Å². The van der Waals surface area contributed by atoms with Gasteiger partial charge in [-0.2, -0.15) is 0 Å². The molecule has 33 heavy (non-hydrogen) atoms. The van der Waals surface area contributed by atoms with Gasteiger partial charge in [-0.3, -0.25) is 0 Å². The molecule has 0 spiro atoms. The van der Waals surface area contributed by atoms with Crippen molar-refractivity contribution in [2.45, 2.75) is 74.9 Å². The van der Waals surface area contributed by atoms with Crippen LogP contribution in [0.15, 0.2) is 64.6 Å². The first kappa shape index (κ1) is 21.4. The zero-order valence-electron chi connectivity index (χ0n) is 19.7. The number of rotatable bonds is 2. The first-order valence-electron chi connectivity index (χ1n) is 13.7. The molecular weight excluding hydrogens is 440 g/mol. The first-order chi connectivity index (χ1) is 16.3. The molecule has 0 nitrogen and oxygen atoms in total. The first-order valence-corrected chi connectivity index (χ1v) is 15.0. The Bertz CT molecular complexity index is 991. The molecule has 5 aliphatic carbocycles. The average molecular weight is 477 g/mol. The van der Waals surface area contributed by atoms with Crippen molar-refractivity contribution >= 4 is 23.4 Å². The molecule has 3 fully saturated rings. The third-order valence-corrected chi connectivity index (χ3v) is 12.7. The molecule has 0 radical (unpaired) electrons. The minimum absolute atomic E-state index is 0.293. The highest BCUT2D eigenvalue weighted by Gasteiger charge is 2.65. The molecule has 1 aromatic rings. The maximum Gasteiger partial charge on any atom is 0.0309 e. The van der Waals surface area contributed by atoms with Gasteiger partial charge in [0.05, 0.1) is 0 Å². The highest BCUT2D eigenvalue weighted by Crippen LogP contribution is 2.70. The van der Waals surface area contributed by atoms with Crippen LogP contribution in [0.3, 0.4) is 0 Å². The van der Waals surface area contributed by atoms with Crippen LogP contribution in [0.5, 0.6) is 0 Å². The molecule has 2 saturated carbocycles.